The summed E-state index contributed by atoms with van der Waals surface area (Å²) in [4.78, 5) is 16.1. The maximum Gasteiger partial charge on any atom is 0.307 e. The predicted molar refractivity (Wildman–Crippen MR) is 75.8 cm³/mol. The molecule has 0 saturated carbocycles. The molecular formula is C13H14N2O2S2. The summed E-state index contributed by atoms with van der Waals surface area (Å²) >= 11 is 2.97. The van der Waals surface area contributed by atoms with E-state index in [4.69, 9.17) is 5.11 Å². The molecule has 2 rings (SSSR count). The zero-order chi connectivity index (χ0) is 13.7. The van der Waals surface area contributed by atoms with E-state index in [9.17, 15) is 4.79 Å². The first-order valence-corrected chi connectivity index (χ1v) is 7.57. The van der Waals surface area contributed by atoms with Gasteiger partial charge < -0.3 is 5.11 Å². The van der Waals surface area contributed by atoms with Gasteiger partial charge in [-0.2, -0.15) is 4.37 Å². The first-order chi connectivity index (χ1) is 9.17. The monoisotopic (exact) mass is 294 g/mol. The molecule has 0 amide bonds. The zero-order valence-corrected chi connectivity index (χ0v) is 12.1. The summed E-state index contributed by atoms with van der Waals surface area (Å²) in [6, 6.07) is 7.52. The molecule has 0 spiro atoms. The summed E-state index contributed by atoms with van der Waals surface area (Å²) in [6.07, 6.45) is 2.02. The Labute approximate surface area is 120 Å². The van der Waals surface area contributed by atoms with Crippen molar-refractivity contribution in [1.29, 1.82) is 0 Å². The molecule has 0 unspecified atom stereocenters. The number of carbonyl (C=O) groups is 1. The number of aryl methyl sites for hydroxylation is 1. The molecule has 4 nitrogen and oxygen atoms in total. The number of carboxylic acid groups (broad SMARTS) is 1. The summed E-state index contributed by atoms with van der Waals surface area (Å²) in [6.45, 7) is 2.11. The van der Waals surface area contributed by atoms with Crippen LogP contribution in [0, 0.1) is 0 Å². The van der Waals surface area contributed by atoms with Gasteiger partial charge in [-0.15, -0.1) is 0 Å². The third-order valence-corrected chi connectivity index (χ3v) is 4.20. The van der Waals surface area contributed by atoms with Crippen molar-refractivity contribution in [2.45, 2.75) is 35.4 Å². The van der Waals surface area contributed by atoms with Crippen molar-refractivity contribution in [3.05, 3.63) is 35.7 Å². The van der Waals surface area contributed by atoms with Crippen molar-refractivity contribution in [2.75, 3.05) is 0 Å². The molecule has 0 aliphatic heterocycles. The molecule has 0 fully saturated rings. The molecule has 1 aromatic carbocycles. The topological polar surface area (TPSA) is 63.1 Å². The minimum atomic E-state index is -0.811. The van der Waals surface area contributed by atoms with Gasteiger partial charge in [-0.3, -0.25) is 4.79 Å². The minimum Gasteiger partial charge on any atom is -0.481 e. The Hall–Kier alpha value is -1.40. The summed E-state index contributed by atoms with van der Waals surface area (Å²) < 4.78 is 5.22. The van der Waals surface area contributed by atoms with Gasteiger partial charge in [0.15, 0.2) is 4.34 Å². The molecule has 100 valence electrons. The lowest BCUT2D eigenvalue weighted by Crippen LogP contribution is -1.99. The van der Waals surface area contributed by atoms with Crippen LogP contribution < -0.4 is 0 Å². The first kappa shape index (κ1) is 14.0. The number of rotatable bonds is 6. The number of hydrogen-bond donors (Lipinski definition) is 1. The number of carboxylic acids is 1. The van der Waals surface area contributed by atoms with Crippen LogP contribution in [0.2, 0.25) is 0 Å². The molecule has 0 bridgehead atoms. The second-order valence-electron chi connectivity index (χ2n) is 4.04. The first-order valence-electron chi connectivity index (χ1n) is 5.98. The van der Waals surface area contributed by atoms with Crippen LogP contribution in [-0.2, 0) is 17.6 Å². The molecule has 1 N–H and O–H groups in total. The fourth-order valence-electron chi connectivity index (χ4n) is 1.56. The molecule has 0 radical (unpaired) electrons. The highest BCUT2D eigenvalue weighted by molar-refractivity contribution is 8.01. The van der Waals surface area contributed by atoms with Crippen molar-refractivity contribution in [3.8, 4) is 0 Å². The van der Waals surface area contributed by atoms with Crippen LogP contribution in [0.25, 0.3) is 0 Å². The minimum absolute atomic E-state index is 0.0599. The fourth-order valence-corrected chi connectivity index (χ4v) is 3.19. The molecule has 1 heterocycles. The van der Waals surface area contributed by atoms with Crippen molar-refractivity contribution >= 4 is 29.3 Å². The van der Waals surface area contributed by atoms with Crippen LogP contribution in [0.4, 0.5) is 0 Å². The Morgan fingerprint density at radius 1 is 1.37 bits per heavy atom. The number of nitrogens with zero attached hydrogens (tertiary/aromatic N) is 2. The van der Waals surface area contributed by atoms with E-state index < -0.39 is 5.97 Å². The average molecular weight is 294 g/mol. The quantitative estimate of drug-likeness (QED) is 0.886. The van der Waals surface area contributed by atoms with E-state index in [-0.39, 0.29) is 6.42 Å². The van der Waals surface area contributed by atoms with Crippen LogP contribution in [0.5, 0.6) is 0 Å². The van der Waals surface area contributed by atoms with Crippen LogP contribution >= 0.6 is 23.3 Å². The van der Waals surface area contributed by atoms with Gasteiger partial charge in [0.1, 0.15) is 5.82 Å². The molecule has 0 aliphatic carbocycles. The molecule has 0 saturated heterocycles. The van der Waals surface area contributed by atoms with E-state index in [0.29, 0.717) is 0 Å². The highest BCUT2D eigenvalue weighted by atomic mass is 32.2. The largest absolute Gasteiger partial charge is 0.481 e. The van der Waals surface area contributed by atoms with Crippen molar-refractivity contribution in [3.63, 3.8) is 0 Å². The van der Waals surface area contributed by atoms with Crippen LogP contribution in [0.15, 0.2) is 33.5 Å². The van der Waals surface area contributed by atoms with E-state index >= 15 is 0 Å². The summed E-state index contributed by atoms with van der Waals surface area (Å²) in [5.74, 6) is 0.0891. The lowest BCUT2D eigenvalue weighted by molar-refractivity contribution is -0.136. The Balaban J connectivity index is 2.00. The van der Waals surface area contributed by atoms with Gasteiger partial charge in [-0.1, -0.05) is 30.8 Å². The lowest BCUT2D eigenvalue weighted by Gasteiger charge is -1.99. The molecule has 6 heteroatoms. The van der Waals surface area contributed by atoms with Gasteiger partial charge in [0.05, 0.1) is 6.42 Å². The van der Waals surface area contributed by atoms with Crippen molar-refractivity contribution < 1.29 is 9.90 Å². The summed E-state index contributed by atoms with van der Waals surface area (Å²) in [5, 5.41) is 8.70. The van der Waals surface area contributed by atoms with Crippen LogP contribution in [0.3, 0.4) is 0 Å². The van der Waals surface area contributed by atoms with Crippen LogP contribution in [0.1, 0.15) is 24.7 Å². The predicted octanol–water partition coefficient (Wildman–Crippen LogP) is 3.27. The second-order valence-corrected chi connectivity index (χ2v) is 6.12. The third-order valence-electron chi connectivity index (χ3n) is 2.41. The lowest BCUT2D eigenvalue weighted by atomic mass is 10.2. The molecule has 1 aromatic heterocycles. The summed E-state index contributed by atoms with van der Waals surface area (Å²) in [7, 11) is 0. The van der Waals surface area contributed by atoms with E-state index in [1.54, 1.807) is 11.8 Å². The van der Waals surface area contributed by atoms with Gasteiger partial charge in [0.2, 0.25) is 0 Å². The van der Waals surface area contributed by atoms with E-state index in [1.807, 2.05) is 24.3 Å². The van der Waals surface area contributed by atoms with Gasteiger partial charge in [-0.05, 0) is 35.6 Å². The second kappa shape index (κ2) is 6.68. The molecular weight excluding hydrogens is 280 g/mol. The highest BCUT2D eigenvalue weighted by Crippen LogP contribution is 2.29. The number of hydrogen-bond acceptors (Lipinski definition) is 5. The van der Waals surface area contributed by atoms with Gasteiger partial charge in [0.25, 0.3) is 0 Å². The van der Waals surface area contributed by atoms with Gasteiger partial charge >= 0.3 is 5.97 Å². The number of aliphatic carboxylic acids is 1. The molecule has 0 aliphatic rings. The molecule has 2 aromatic rings. The maximum atomic E-state index is 10.6. The maximum absolute atomic E-state index is 10.6. The van der Waals surface area contributed by atoms with Crippen molar-refractivity contribution in [1.82, 2.24) is 9.36 Å². The SMILES string of the molecule is CCCc1nsc(Sc2ccc(CC(=O)O)cc2)n1. The highest BCUT2D eigenvalue weighted by Gasteiger charge is 2.06. The fraction of sp³-hybridized carbons (Fsp3) is 0.308. The van der Waals surface area contributed by atoms with E-state index in [0.717, 1.165) is 33.5 Å². The number of benzene rings is 1. The van der Waals surface area contributed by atoms with Gasteiger partial charge in [0, 0.05) is 11.3 Å². The van der Waals surface area contributed by atoms with E-state index in [1.165, 1.54) is 11.5 Å². The Bertz CT molecular complexity index is 552. The molecule has 19 heavy (non-hydrogen) atoms. The Kier molecular flexibility index (Phi) is 4.93. The van der Waals surface area contributed by atoms with Gasteiger partial charge in [-0.25, -0.2) is 4.98 Å². The Morgan fingerprint density at radius 3 is 2.74 bits per heavy atom. The Morgan fingerprint density at radius 2 is 2.11 bits per heavy atom. The van der Waals surface area contributed by atoms with Crippen LogP contribution in [-0.4, -0.2) is 20.4 Å². The standard InChI is InChI=1S/C13H14N2O2S2/c1-2-3-11-14-13(19-15-11)18-10-6-4-9(5-7-10)8-12(16)17/h4-7H,2-3,8H2,1H3,(H,16,17). The molecule has 0 atom stereocenters. The van der Waals surface area contributed by atoms with Crippen molar-refractivity contribution in [2.24, 2.45) is 0 Å². The normalized spacial score (nSPS) is 10.6. The number of aromatic nitrogens is 2. The summed E-state index contributed by atoms with van der Waals surface area (Å²) in [5.41, 5.74) is 0.806. The van der Waals surface area contributed by atoms with E-state index in [2.05, 4.69) is 16.3 Å². The smallest absolute Gasteiger partial charge is 0.307 e. The zero-order valence-electron chi connectivity index (χ0n) is 10.5. The average Bonchev–Trinajstić information content (AvgIpc) is 2.79. The third kappa shape index (κ3) is 4.33.